The molecule has 2 aromatic heterocycles. The molecule has 4 heteroatoms. The third-order valence-electron chi connectivity index (χ3n) is 1.86. The summed E-state index contributed by atoms with van der Waals surface area (Å²) in [4.78, 5) is 11.3. The molecule has 0 aromatic carbocycles. The molecule has 0 fully saturated rings. The highest BCUT2D eigenvalue weighted by molar-refractivity contribution is 7.11. The van der Waals surface area contributed by atoms with E-state index < -0.39 is 5.97 Å². The van der Waals surface area contributed by atoms with E-state index in [4.69, 9.17) is 5.11 Å². The Balaban J connectivity index is 2.21. The predicted octanol–water partition coefficient (Wildman–Crippen LogP) is 3.57. The van der Waals surface area contributed by atoms with Crippen LogP contribution in [0.25, 0.3) is 17.2 Å². The van der Waals surface area contributed by atoms with E-state index >= 15 is 0 Å². The Morgan fingerprint density at radius 2 is 2.20 bits per heavy atom. The lowest BCUT2D eigenvalue weighted by molar-refractivity contribution is -0.131. The van der Waals surface area contributed by atoms with Gasteiger partial charge in [0.05, 0.1) is 0 Å². The summed E-state index contributed by atoms with van der Waals surface area (Å²) >= 11 is 3.20. The van der Waals surface area contributed by atoms with Crippen LogP contribution in [0, 0.1) is 0 Å². The molecule has 0 unspecified atom stereocenters. The normalized spacial score (nSPS) is 10.9. The number of carboxylic acids is 1. The summed E-state index contributed by atoms with van der Waals surface area (Å²) in [5, 5.41) is 14.6. The Bertz CT molecular complexity index is 480. The summed E-state index contributed by atoms with van der Waals surface area (Å²) in [6, 6.07) is 4.05. The number of rotatable bonds is 3. The molecule has 15 heavy (non-hydrogen) atoms. The highest BCUT2D eigenvalue weighted by atomic mass is 32.1. The van der Waals surface area contributed by atoms with Crippen LogP contribution in [-0.2, 0) is 4.79 Å². The molecule has 2 nitrogen and oxygen atoms in total. The predicted molar refractivity (Wildman–Crippen MR) is 64.3 cm³/mol. The van der Waals surface area contributed by atoms with E-state index in [9.17, 15) is 4.79 Å². The number of hydrogen-bond donors (Lipinski definition) is 1. The highest BCUT2D eigenvalue weighted by Gasteiger charge is 2.00. The molecular formula is C11H8O2S2. The first kappa shape index (κ1) is 10.1. The summed E-state index contributed by atoms with van der Waals surface area (Å²) < 4.78 is 0. The number of aliphatic carboxylic acids is 1. The van der Waals surface area contributed by atoms with Crippen molar-refractivity contribution in [1.82, 2.24) is 0 Å². The van der Waals surface area contributed by atoms with Gasteiger partial charge in [0.1, 0.15) is 0 Å². The maximum atomic E-state index is 10.3. The smallest absolute Gasteiger partial charge is 0.328 e. The second-order valence-corrected chi connectivity index (χ2v) is 4.64. The number of hydrogen-bond acceptors (Lipinski definition) is 3. The van der Waals surface area contributed by atoms with E-state index in [2.05, 4.69) is 11.4 Å². The molecule has 2 heterocycles. The van der Waals surface area contributed by atoms with Crippen LogP contribution in [0.2, 0.25) is 0 Å². The zero-order valence-electron chi connectivity index (χ0n) is 7.71. The van der Waals surface area contributed by atoms with Crippen molar-refractivity contribution < 1.29 is 9.90 Å². The van der Waals surface area contributed by atoms with Crippen molar-refractivity contribution in [2.75, 3.05) is 0 Å². The third-order valence-corrected chi connectivity index (χ3v) is 3.45. The first-order chi connectivity index (χ1) is 7.25. The molecule has 0 amide bonds. The molecule has 0 aliphatic carbocycles. The molecule has 2 rings (SSSR count). The first-order valence-corrected chi connectivity index (χ1v) is 6.10. The Morgan fingerprint density at radius 3 is 2.87 bits per heavy atom. The molecule has 1 N–H and O–H groups in total. The maximum Gasteiger partial charge on any atom is 0.328 e. The minimum Gasteiger partial charge on any atom is -0.478 e. The lowest BCUT2D eigenvalue weighted by Crippen LogP contribution is -1.84. The van der Waals surface area contributed by atoms with Gasteiger partial charge in [-0.05, 0) is 45.5 Å². The maximum absolute atomic E-state index is 10.3. The molecule has 0 aliphatic rings. The molecule has 0 bridgehead atoms. The van der Waals surface area contributed by atoms with Crippen LogP contribution in [0.15, 0.2) is 34.3 Å². The van der Waals surface area contributed by atoms with Crippen molar-refractivity contribution in [3.63, 3.8) is 0 Å². The Labute approximate surface area is 95.1 Å². The van der Waals surface area contributed by atoms with Gasteiger partial charge in [0.25, 0.3) is 0 Å². The first-order valence-electron chi connectivity index (χ1n) is 4.28. The van der Waals surface area contributed by atoms with Gasteiger partial charge in [-0.1, -0.05) is 0 Å². The quantitative estimate of drug-likeness (QED) is 0.827. The summed E-state index contributed by atoms with van der Waals surface area (Å²) in [6.07, 6.45) is 2.77. The largest absolute Gasteiger partial charge is 0.478 e. The molecule has 0 aliphatic heterocycles. The molecule has 76 valence electrons. The average Bonchev–Trinajstić information content (AvgIpc) is 2.85. The van der Waals surface area contributed by atoms with E-state index in [-0.39, 0.29) is 0 Å². The fourth-order valence-electron chi connectivity index (χ4n) is 1.17. The van der Waals surface area contributed by atoms with E-state index in [0.29, 0.717) is 0 Å². The molecule has 0 saturated carbocycles. The van der Waals surface area contributed by atoms with Crippen LogP contribution in [0.4, 0.5) is 0 Å². The van der Waals surface area contributed by atoms with Crippen molar-refractivity contribution in [2.45, 2.75) is 0 Å². The van der Waals surface area contributed by atoms with Gasteiger partial charge in [-0.3, -0.25) is 0 Å². The third kappa shape index (κ3) is 2.55. The van der Waals surface area contributed by atoms with Gasteiger partial charge < -0.3 is 5.11 Å². The monoisotopic (exact) mass is 236 g/mol. The van der Waals surface area contributed by atoms with Gasteiger partial charge in [-0.2, -0.15) is 11.3 Å². The van der Waals surface area contributed by atoms with Crippen LogP contribution in [0.3, 0.4) is 0 Å². The summed E-state index contributed by atoms with van der Waals surface area (Å²) in [5.41, 5.74) is 2.33. The average molecular weight is 236 g/mol. The lowest BCUT2D eigenvalue weighted by Gasteiger charge is -1.87. The highest BCUT2D eigenvalue weighted by Crippen LogP contribution is 2.27. The van der Waals surface area contributed by atoms with Gasteiger partial charge in [0, 0.05) is 11.0 Å². The van der Waals surface area contributed by atoms with Gasteiger partial charge in [-0.15, -0.1) is 11.3 Å². The van der Waals surface area contributed by atoms with E-state index in [0.717, 1.165) is 16.5 Å². The topological polar surface area (TPSA) is 37.3 Å². The van der Waals surface area contributed by atoms with Crippen LogP contribution >= 0.6 is 22.7 Å². The molecule has 0 spiro atoms. The Hall–Kier alpha value is -1.39. The summed E-state index contributed by atoms with van der Waals surface area (Å²) in [5.74, 6) is -0.916. The van der Waals surface area contributed by atoms with Gasteiger partial charge >= 0.3 is 5.97 Å². The summed E-state index contributed by atoms with van der Waals surface area (Å²) in [6.45, 7) is 0. The van der Waals surface area contributed by atoms with E-state index in [1.807, 2.05) is 16.8 Å². The second-order valence-electron chi connectivity index (χ2n) is 2.92. The Morgan fingerprint density at radius 1 is 1.33 bits per heavy atom. The zero-order valence-corrected chi connectivity index (χ0v) is 9.35. The van der Waals surface area contributed by atoms with E-state index in [1.54, 1.807) is 28.7 Å². The number of thiophene rings is 2. The minimum atomic E-state index is -0.916. The molecular weight excluding hydrogens is 228 g/mol. The fourth-order valence-corrected chi connectivity index (χ4v) is 2.65. The molecule has 0 radical (unpaired) electrons. The van der Waals surface area contributed by atoms with Crippen LogP contribution in [0.1, 0.15) is 4.88 Å². The van der Waals surface area contributed by atoms with Crippen molar-refractivity contribution in [1.29, 1.82) is 0 Å². The molecule has 2 aromatic rings. The van der Waals surface area contributed by atoms with Crippen LogP contribution < -0.4 is 0 Å². The summed E-state index contributed by atoms with van der Waals surface area (Å²) in [7, 11) is 0. The van der Waals surface area contributed by atoms with E-state index in [1.165, 1.54) is 5.56 Å². The SMILES string of the molecule is O=C(O)C=Cc1cc(-c2ccsc2)cs1. The fraction of sp³-hybridized carbons (Fsp3) is 0. The van der Waals surface area contributed by atoms with Crippen LogP contribution in [0.5, 0.6) is 0 Å². The zero-order chi connectivity index (χ0) is 10.7. The van der Waals surface area contributed by atoms with Gasteiger partial charge in [0.2, 0.25) is 0 Å². The standard InChI is InChI=1S/C11H8O2S2/c12-11(13)2-1-10-5-9(7-15-10)8-3-4-14-6-8/h1-7H,(H,12,13). The second kappa shape index (κ2) is 4.42. The van der Waals surface area contributed by atoms with Crippen LogP contribution in [-0.4, -0.2) is 11.1 Å². The molecule has 0 atom stereocenters. The van der Waals surface area contributed by atoms with Gasteiger partial charge in [-0.25, -0.2) is 4.79 Å². The van der Waals surface area contributed by atoms with Crippen molar-refractivity contribution >= 4 is 34.7 Å². The van der Waals surface area contributed by atoms with Crippen molar-refractivity contribution in [3.8, 4) is 11.1 Å². The van der Waals surface area contributed by atoms with Crippen molar-refractivity contribution in [2.24, 2.45) is 0 Å². The van der Waals surface area contributed by atoms with Gasteiger partial charge in [0.15, 0.2) is 0 Å². The molecule has 0 saturated heterocycles. The lowest BCUT2D eigenvalue weighted by atomic mass is 10.2. The number of carbonyl (C=O) groups is 1. The Kier molecular flexibility index (Phi) is 2.99. The minimum absolute atomic E-state index is 0.916. The van der Waals surface area contributed by atoms with Crippen molar-refractivity contribution in [3.05, 3.63) is 39.2 Å². The number of carboxylic acid groups (broad SMARTS) is 1.